The number of rotatable bonds is 2. The maximum atomic E-state index is 6.67. The molecule has 0 spiro atoms. The minimum atomic E-state index is 0.202. The standard InChI is InChI=1S/C26H32NO/c1-15(2)19-12-20-11-16(3)17(4)22-23(20)21(13-19)28-25-18(14-26(5,6)7)9-10-27(8)24(22)25/h9-13,15H,14H2,1-8H3/q+1. The van der Waals surface area contributed by atoms with Gasteiger partial charge in [0.1, 0.15) is 12.8 Å². The lowest BCUT2D eigenvalue weighted by atomic mass is 9.84. The molecule has 2 heteroatoms. The Bertz CT molecular complexity index is 1100. The second-order valence-electron chi connectivity index (χ2n) is 9.93. The maximum Gasteiger partial charge on any atom is 0.256 e. The van der Waals surface area contributed by atoms with Crippen molar-refractivity contribution in [3.05, 3.63) is 52.7 Å². The zero-order valence-electron chi connectivity index (χ0n) is 18.5. The van der Waals surface area contributed by atoms with Crippen LogP contribution in [0.5, 0.6) is 11.5 Å². The first kappa shape index (κ1) is 19.0. The lowest BCUT2D eigenvalue weighted by Crippen LogP contribution is -2.33. The first-order valence-electron chi connectivity index (χ1n) is 10.3. The van der Waals surface area contributed by atoms with Gasteiger partial charge in [-0.15, -0.1) is 0 Å². The number of hydrogen-bond acceptors (Lipinski definition) is 1. The minimum absolute atomic E-state index is 0.202. The van der Waals surface area contributed by atoms with Gasteiger partial charge in [0, 0.05) is 17.0 Å². The summed E-state index contributed by atoms with van der Waals surface area (Å²) < 4.78 is 8.90. The number of hydrogen-bond donors (Lipinski definition) is 0. The molecule has 28 heavy (non-hydrogen) atoms. The molecule has 0 bridgehead atoms. The molecule has 0 fully saturated rings. The third-order valence-corrected chi connectivity index (χ3v) is 5.94. The van der Waals surface area contributed by atoms with Crippen LogP contribution >= 0.6 is 0 Å². The summed E-state index contributed by atoms with van der Waals surface area (Å²) in [6.07, 6.45) is 3.17. The maximum absolute atomic E-state index is 6.67. The topological polar surface area (TPSA) is 13.1 Å². The first-order valence-corrected chi connectivity index (χ1v) is 10.3. The Balaban J connectivity index is 2.11. The molecular weight excluding hydrogens is 342 g/mol. The molecule has 0 saturated carbocycles. The summed E-state index contributed by atoms with van der Waals surface area (Å²) >= 11 is 0. The highest BCUT2D eigenvalue weighted by molar-refractivity contribution is 6.05. The van der Waals surface area contributed by atoms with Crippen LogP contribution in [0.25, 0.3) is 22.0 Å². The van der Waals surface area contributed by atoms with Gasteiger partial charge in [0.05, 0.1) is 5.56 Å². The highest BCUT2D eigenvalue weighted by Crippen LogP contribution is 2.49. The highest BCUT2D eigenvalue weighted by Gasteiger charge is 2.33. The van der Waals surface area contributed by atoms with Crippen LogP contribution in [0.4, 0.5) is 0 Å². The van der Waals surface area contributed by atoms with Crippen molar-refractivity contribution in [2.24, 2.45) is 12.5 Å². The van der Waals surface area contributed by atoms with Crippen LogP contribution in [0.1, 0.15) is 62.8 Å². The monoisotopic (exact) mass is 374 g/mol. The molecule has 4 rings (SSSR count). The van der Waals surface area contributed by atoms with E-state index in [-0.39, 0.29) is 5.41 Å². The Morgan fingerprint density at radius 2 is 1.79 bits per heavy atom. The molecule has 1 aromatic heterocycles. The van der Waals surface area contributed by atoms with Gasteiger partial charge in [0.15, 0.2) is 6.20 Å². The van der Waals surface area contributed by atoms with E-state index in [2.05, 4.69) is 90.5 Å². The number of aromatic nitrogens is 1. The molecule has 0 atom stereocenters. The van der Waals surface area contributed by atoms with Gasteiger partial charge in [-0.25, -0.2) is 0 Å². The van der Waals surface area contributed by atoms with Crippen molar-refractivity contribution in [1.82, 2.24) is 0 Å². The average molecular weight is 375 g/mol. The number of ether oxygens (including phenoxy) is 1. The Hall–Kier alpha value is -2.35. The van der Waals surface area contributed by atoms with E-state index in [1.54, 1.807) is 0 Å². The molecule has 0 radical (unpaired) electrons. The molecular formula is C26H32NO+. The van der Waals surface area contributed by atoms with Crippen LogP contribution in [0, 0.1) is 19.3 Å². The van der Waals surface area contributed by atoms with Crippen LogP contribution in [-0.4, -0.2) is 0 Å². The Morgan fingerprint density at radius 3 is 2.43 bits per heavy atom. The predicted molar refractivity (Wildman–Crippen MR) is 117 cm³/mol. The summed E-state index contributed by atoms with van der Waals surface area (Å²) in [6, 6.07) is 9.13. The zero-order valence-corrected chi connectivity index (χ0v) is 18.5. The highest BCUT2D eigenvalue weighted by atomic mass is 16.5. The molecule has 0 unspecified atom stereocenters. The molecule has 0 amide bonds. The zero-order chi connectivity index (χ0) is 20.4. The molecule has 1 aliphatic rings. The van der Waals surface area contributed by atoms with E-state index >= 15 is 0 Å². The van der Waals surface area contributed by atoms with Gasteiger partial charge < -0.3 is 4.74 Å². The second kappa shape index (κ2) is 6.34. The van der Waals surface area contributed by atoms with Crippen molar-refractivity contribution >= 4 is 10.8 Å². The van der Waals surface area contributed by atoms with E-state index in [4.69, 9.17) is 4.74 Å². The van der Waals surface area contributed by atoms with Gasteiger partial charge in [-0.1, -0.05) is 46.8 Å². The van der Waals surface area contributed by atoms with E-state index in [9.17, 15) is 0 Å². The normalized spacial score (nSPS) is 13.0. The van der Waals surface area contributed by atoms with Gasteiger partial charge in [-0.05, 0) is 59.7 Å². The van der Waals surface area contributed by atoms with Gasteiger partial charge in [-0.3, -0.25) is 0 Å². The van der Waals surface area contributed by atoms with Gasteiger partial charge in [-0.2, -0.15) is 4.57 Å². The predicted octanol–water partition coefficient (Wildman–Crippen LogP) is 6.77. The average Bonchev–Trinajstić information content (AvgIpc) is 2.59. The fraction of sp³-hybridized carbons (Fsp3) is 0.423. The van der Waals surface area contributed by atoms with Crippen LogP contribution in [0.2, 0.25) is 0 Å². The largest absolute Gasteiger partial charge is 0.449 e. The lowest BCUT2D eigenvalue weighted by Gasteiger charge is -2.26. The van der Waals surface area contributed by atoms with Gasteiger partial charge in [0.25, 0.3) is 5.69 Å². The molecule has 0 aliphatic carbocycles. The summed E-state index contributed by atoms with van der Waals surface area (Å²) in [4.78, 5) is 0. The molecule has 1 aliphatic heterocycles. The van der Waals surface area contributed by atoms with Crippen molar-refractivity contribution in [3.8, 4) is 22.8 Å². The third-order valence-electron chi connectivity index (χ3n) is 5.94. The number of pyridine rings is 1. The lowest BCUT2D eigenvalue weighted by molar-refractivity contribution is -0.660. The Labute approximate surface area is 169 Å². The Morgan fingerprint density at radius 1 is 1.07 bits per heavy atom. The first-order chi connectivity index (χ1) is 13.1. The summed E-state index contributed by atoms with van der Waals surface area (Å²) in [5, 5.41) is 2.54. The van der Waals surface area contributed by atoms with Crippen LogP contribution < -0.4 is 9.30 Å². The summed E-state index contributed by atoms with van der Waals surface area (Å²) in [7, 11) is 2.13. The molecule has 2 nitrogen and oxygen atoms in total. The van der Waals surface area contributed by atoms with Crippen molar-refractivity contribution in [1.29, 1.82) is 0 Å². The summed E-state index contributed by atoms with van der Waals surface area (Å²) in [5.41, 5.74) is 8.04. The van der Waals surface area contributed by atoms with Crippen molar-refractivity contribution in [3.63, 3.8) is 0 Å². The SMILES string of the molecule is Cc1cc2cc(C(C)C)cc3c2c(c1C)-c1c(c(CC(C)(C)C)cc[n+]1C)O3. The molecule has 3 aromatic rings. The van der Waals surface area contributed by atoms with Gasteiger partial charge in [0.2, 0.25) is 5.75 Å². The molecule has 0 saturated heterocycles. The number of aryl methyl sites for hydroxylation is 2. The molecule has 2 aromatic carbocycles. The van der Waals surface area contributed by atoms with Gasteiger partial charge >= 0.3 is 0 Å². The third kappa shape index (κ3) is 2.99. The van der Waals surface area contributed by atoms with Crippen molar-refractivity contribution in [2.75, 3.05) is 0 Å². The van der Waals surface area contributed by atoms with Crippen LogP contribution in [-0.2, 0) is 13.5 Å². The fourth-order valence-electron chi connectivity index (χ4n) is 4.37. The summed E-state index contributed by atoms with van der Waals surface area (Å²) in [6.45, 7) is 15.8. The number of benzene rings is 2. The van der Waals surface area contributed by atoms with E-state index in [0.717, 1.165) is 17.9 Å². The summed E-state index contributed by atoms with van der Waals surface area (Å²) in [5.74, 6) is 2.51. The van der Waals surface area contributed by atoms with Crippen LogP contribution in [0.15, 0.2) is 30.5 Å². The smallest absolute Gasteiger partial charge is 0.256 e. The number of nitrogens with zero attached hydrogens (tertiary/aromatic N) is 1. The van der Waals surface area contributed by atoms with Crippen molar-refractivity contribution < 1.29 is 9.30 Å². The minimum Gasteiger partial charge on any atom is -0.449 e. The second-order valence-corrected chi connectivity index (χ2v) is 9.93. The van der Waals surface area contributed by atoms with E-state index in [1.807, 2.05) is 0 Å². The Kier molecular flexibility index (Phi) is 4.30. The molecule has 0 N–H and O–H groups in total. The quantitative estimate of drug-likeness (QED) is 0.353. The van der Waals surface area contributed by atoms with E-state index in [0.29, 0.717) is 5.92 Å². The fourth-order valence-corrected chi connectivity index (χ4v) is 4.37. The molecule has 146 valence electrons. The van der Waals surface area contributed by atoms with E-state index < -0.39 is 0 Å². The number of fused-ring (bicyclic) bond motifs is 2. The van der Waals surface area contributed by atoms with Crippen LogP contribution in [0.3, 0.4) is 0 Å². The van der Waals surface area contributed by atoms with Crippen molar-refractivity contribution in [2.45, 2.75) is 60.8 Å². The van der Waals surface area contributed by atoms with E-state index in [1.165, 1.54) is 44.3 Å². The molecule has 2 heterocycles.